The molecular formula is C13H18BrN. The maximum Gasteiger partial charge on any atom is 0.0412 e. The van der Waals surface area contributed by atoms with Gasteiger partial charge in [-0.05, 0) is 43.4 Å². The Hall–Kier alpha value is -0.340. The van der Waals surface area contributed by atoms with E-state index in [9.17, 15) is 0 Å². The van der Waals surface area contributed by atoms with Gasteiger partial charge >= 0.3 is 0 Å². The molecule has 2 rings (SSSR count). The molecule has 0 amide bonds. The molecule has 0 heterocycles. The van der Waals surface area contributed by atoms with Crippen molar-refractivity contribution in [2.75, 3.05) is 0 Å². The Morgan fingerprint density at radius 2 is 1.80 bits per heavy atom. The van der Waals surface area contributed by atoms with Crippen molar-refractivity contribution in [2.24, 2.45) is 5.73 Å². The summed E-state index contributed by atoms with van der Waals surface area (Å²) in [5.41, 5.74) is 10.3. The lowest BCUT2D eigenvalue weighted by Crippen LogP contribution is -2.34. The van der Waals surface area contributed by atoms with E-state index >= 15 is 0 Å². The highest BCUT2D eigenvalue weighted by Crippen LogP contribution is 2.39. The van der Waals surface area contributed by atoms with Crippen LogP contribution in [0.25, 0.3) is 0 Å². The molecule has 1 aliphatic carbocycles. The summed E-state index contributed by atoms with van der Waals surface area (Å²) in [6.45, 7) is 4.29. The molecule has 1 aromatic rings. The van der Waals surface area contributed by atoms with E-state index in [2.05, 4.69) is 41.9 Å². The van der Waals surface area contributed by atoms with Crippen molar-refractivity contribution in [3.8, 4) is 0 Å². The van der Waals surface area contributed by atoms with Crippen molar-refractivity contribution in [2.45, 2.75) is 45.1 Å². The molecule has 2 heteroatoms. The third-order valence-electron chi connectivity index (χ3n) is 3.61. The number of benzene rings is 1. The molecule has 82 valence electrons. The van der Waals surface area contributed by atoms with Crippen molar-refractivity contribution in [3.05, 3.63) is 33.3 Å². The van der Waals surface area contributed by atoms with Gasteiger partial charge in [0, 0.05) is 10.0 Å². The average molecular weight is 268 g/mol. The van der Waals surface area contributed by atoms with E-state index in [0.717, 1.165) is 12.8 Å². The molecule has 0 saturated heterocycles. The van der Waals surface area contributed by atoms with Gasteiger partial charge in [-0.3, -0.25) is 0 Å². The Balaban J connectivity index is 2.49. The fraction of sp³-hybridized carbons (Fsp3) is 0.538. The minimum Gasteiger partial charge on any atom is -0.321 e. The standard InChI is InChI=1S/C13H18BrN/c1-9-5-6-11(10(2)12(9)14)13(15)7-3-4-8-13/h5-6H,3-4,7-8,15H2,1-2H3. The third kappa shape index (κ3) is 1.85. The van der Waals surface area contributed by atoms with Crippen LogP contribution in [0.3, 0.4) is 0 Å². The quantitative estimate of drug-likeness (QED) is 0.823. The van der Waals surface area contributed by atoms with E-state index in [1.807, 2.05) is 0 Å². The molecule has 0 aliphatic heterocycles. The van der Waals surface area contributed by atoms with Crippen molar-refractivity contribution in [1.29, 1.82) is 0 Å². The van der Waals surface area contributed by atoms with Crippen LogP contribution in [0.2, 0.25) is 0 Å². The highest BCUT2D eigenvalue weighted by Gasteiger charge is 2.32. The lowest BCUT2D eigenvalue weighted by molar-refractivity contribution is 0.458. The number of rotatable bonds is 1. The van der Waals surface area contributed by atoms with Crippen LogP contribution in [0.15, 0.2) is 16.6 Å². The fourth-order valence-corrected chi connectivity index (χ4v) is 2.98. The topological polar surface area (TPSA) is 26.0 Å². The first-order valence-corrected chi connectivity index (χ1v) is 6.39. The first-order valence-electron chi connectivity index (χ1n) is 5.60. The third-order valence-corrected chi connectivity index (χ3v) is 4.83. The second kappa shape index (κ2) is 3.91. The van der Waals surface area contributed by atoms with Crippen LogP contribution in [0.5, 0.6) is 0 Å². The van der Waals surface area contributed by atoms with Crippen LogP contribution < -0.4 is 5.73 Å². The maximum atomic E-state index is 6.48. The van der Waals surface area contributed by atoms with Crippen LogP contribution in [0.1, 0.15) is 42.4 Å². The predicted molar refractivity (Wildman–Crippen MR) is 67.9 cm³/mol. The van der Waals surface area contributed by atoms with Crippen LogP contribution >= 0.6 is 15.9 Å². The van der Waals surface area contributed by atoms with Crippen molar-refractivity contribution >= 4 is 15.9 Å². The summed E-state index contributed by atoms with van der Waals surface area (Å²) in [6.07, 6.45) is 4.79. The van der Waals surface area contributed by atoms with Crippen LogP contribution in [0, 0.1) is 13.8 Å². The summed E-state index contributed by atoms with van der Waals surface area (Å²) in [5.74, 6) is 0. The van der Waals surface area contributed by atoms with Crippen molar-refractivity contribution in [3.63, 3.8) is 0 Å². The number of hydrogen-bond acceptors (Lipinski definition) is 1. The zero-order chi connectivity index (χ0) is 11.1. The molecule has 1 nitrogen and oxygen atoms in total. The molecule has 1 saturated carbocycles. The molecule has 0 unspecified atom stereocenters. The minimum absolute atomic E-state index is 0.0691. The first-order chi connectivity index (χ1) is 7.04. The lowest BCUT2D eigenvalue weighted by atomic mass is 9.86. The SMILES string of the molecule is Cc1ccc(C2(N)CCCC2)c(C)c1Br. The van der Waals surface area contributed by atoms with E-state index in [0.29, 0.717) is 0 Å². The Morgan fingerprint density at radius 1 is 1.20 bits per heavy atom. The second-order valence-corrected chi connectivity index (χ2v) is 5.53. The van der Waals surface area contributed by atoms with E-state index in [-0.39, 0.29) is 5.54 Å². The van der Waals surface area contributed by atoms with Gasteiger partial charge in [-0.1, -0.05) is 40.9 Å². The van der Waals surface area contributed by atoms with Gasteiger partial charge in [-0.2, -0.15) is 0 Å². The van der Waals surface area contributed by atoms with Crippen LogP contribution in [-0.4, -0.2) is 0 Å². The molecule has 0 aromatic heterocycles. The van der Waals surface area contributed by atoms with Crippen LogP contribution in [0.4, 0.5) is 0 Å². The molecule has 0 bridgehead atoms. The molecule has 0 atom stereocenters. The van der Waals surface area contributed by atoms with Gasteiger partial charge in [-0.15, -0.1) is 0 Å². The summed E-state index contributed by atoms with van der Waals surface area (Å²) >= 11 is 3.65. The van der Waals surface area contributed by atoms with Gasteiger partial charge in [0.15, 0.2) is 0 Å². The van der Waals surface area contributed by atoms with E-state index in [4.69, 9.17) is 5.73 Å². The van der Waals surface area contributed by atoms with Gasteiger partial charge in [0.25, 0.3) is 0 Å². The largest absolute Gasteiger partial charge is 0.321 e. The molecular weight excluding hydrogens is 250 g/mol. The maximum absolute atomic E-state index is 6.48. The van der Waals surface area contributed by atoms with Crippen molar-refractivity contribution < 1.29 is 0 Å². The van der Waals surface area contributed by atoms with Gasteiger partial charge in [0.1, 0.15) is 0 Å². The Kier molecular flexibility index (Phi) is 2.91. The molecule has 0 radical (unpaired) electrons. The molecule has 15 heavy (non-hydrogen) atoms. The van der Waals surface area contributed by atoms with Gasteiger partial charge in [0.2, 0.25) is 0 Å². The van der Waals surface area contributed by atoms with Crippen molar-refractivity contribution in [1.82, 2.24) is 0 Å². The van der Waals surface area contributed by atoms with Gasteiger partial charge in [-0.25, -0.2) is 0 Å². The smallest absolute Gasteiger partial charge is 0.0412 e. The number of nitrogens with two attached hydrogens (primary N) is 1. The monoisotopic (exact) mass is 267 g/mol. The normalized spacial score (nSPS) is 19.5. The molecule has 1 fully saturated rings. The summed E-state index contributed by atoms with van der Waals surface area (Å²) in [4.78, 5) is 0. The van der Waals surface area contributed by atoms with Gasteiger partial charge in [0.05, 0.1) is 0 Å². The Bertz CT molecular complexity index is 378. The summed E-state index contributed by atoms with van der Waals surface area (Å²) in [6, 6.07) is 4.38. The predicted octanol–water partition coefficient (Wildman–Crippen LogP) is 3.79. The van der Waals surface area contributed by atoms with E-state index in [1.165, 1.54) is 34.0 Å². The van der Waals surface area contributed by atoms with Gasteiger partial charge < -0.3 is 5.73 Å². The highest BCUT2D eigenvalue weighted by molar-refractivity contribution is 9.10. The fourth-order valence-electron chi connectivity index (χ4n) is 2.64. The van der Waals surface area contributed by atoms with E-state index < -0.39 is 0 Å². The van der Waals surface area contributed by atoms with E-state index in [1.54, 1.807) is 0 Å². The Labute approximate surface area is 100 Å². The van der Waals surface area contributed by atoms with Crippen LogP contribution in [-0.2, 0) is 5.54 Å². The highest BCUT2D eigenvalue weighted by atomic mass is 79.9. The minimum atomic E-state index is -0.0691. The number of aryl methyl sites for hydroxylation is 1. The second-order valence-electron chi connectivity index (χ2n) is 4.73. The Morgan fingerprint density at radius 3 is 2.40 bits per heavy atom. The lowest BCUT2D eigenvalue weighted by Gasteiger charge is -2.27. The first kappa shape index (κ1) is 11.2. The zero-order valence-corrected chi connectivity index (χ0v) is 11.0. The summed E-state index contributed by atoms with van der Waals surface area (Å²) < 4.78 is 1.22. The molecule has 1 aromatic carbocycles. The average Bonchev–Trinajstić information content (AvgIpc) is 2.62. The number of hydrogen-bond donors (Lipinski definition) is 1. The zero-order valence-electron chi connectivity index (χ0n) is 9.44. The molecule has 2 N–H and O–H groups in total. The molecule has 0 spiro atoms. The number of halogens is 1. The summed E-state index contributed by atoms with van der Waals surface area (Å²) in [7, 11) is 0. The summed E-state index contributed by atoms with van der Waals surface area (Å²) in [5, 5.41) is 0. The molecule has 1 aliphatic rings.